The Labute approximate surface area is 107 Å². The number of ether oxygens (including phenoxy) is 1. The molecule has 1 amide bonds. The van der Waals surface area contributed by atoms with Crippen LogP contribution in [-0.4, -0.2) is 37.2 Å². The Morgan fingerprint density at radius 1 is 1.44 bits per heavy atom. The Morgan fingerprint density at radius 3 is 2.83 bits per heavy atom. The summed E-state index contributed by atoms with van der Waals surface area (Å²) in [5.74, 6) is 0.554. The highest BCUT2D eigenvalue weighted by Crippen LogP contribution is 2.18. The lowest BCUT2D eigenvalue weighted by Gasteiger charge is -2.28. The SMILES string of the molecule is CC(C)C(=O)Nc1cc(N2CCOCC2)ccn1. The van der Waals surface area contributed by atoms with E-state index in [1.165, 1.54) is 0 Å². The largest absolute Gasteiger partial charge is 0.378 e. The molecule has 98 valence electrons. The first kappa shape index (κ1) is 12.8. The van der Waals surface area contributed by atoms with Gasteiger partial charge < -0.3 is 15.0 Å². The van der Waals surface area contributed by atoms with Gasteiger partial charge in [0.25, 0.3) is 0 Å². The maximum absolute atomic E-state index is 11.6. The van der Waals surface area contributed by atoms with Gasteiger partial charge in [-0.15, -0.1) is 0 Å². The van der Waals surface area contributed by atoms with Crippen molar-refractivity contribution in [2.24, 2.45) is 5.92 Å². The number of amides is 1. The van der Waals surface area contributed by atoms with Crippen molar-refractivity contribution in [2.75, 3.05) is 36.5 Å². The average molecular weight is 249 g/mol. The molecule has 5 nitrogen and oxygen atoms in total. The first-order chi connectivity index (χ1) is 8.66. The maximum Gasteiger partial charge on any atom is 0.228 e. The van der Waals surface area contributed by atoms with Crippen molar-refractivity contribution in [3.05, 3.63) is 18.3 Å². The predicted molar refractivity (Wildman–Crippen MR) is 70.7 cm³/mol. The topological polar surface area (TPSA) is 54.5 Å². The van der Waals surface area contributed by atoms with Gasteiger partial charge in [0.15, 0.2) is 0 Å². The first-order valence-electron chi connectivity index (χ1n) is 6.26. The predicted octanol–water partition coefficient (Wildman–Crippen LogP) is 1.51. The van der Waals surface area contributed by atoms with Crippen LogP contribution < -0.4 is 10.2 Å². The summed E-state index contributed by atoms with van der Waals surface area (Å²) in [4.78, 5) is 18.0. The average Bonchev–Trinajstić information content (AvgIpc) is 2.40. The number of carbonyl (C=O) groups excluding carboxylic acids is 1. The second-order valence-corrected chi connectivity index (χ2v) is 4.64. The Kier molecular flexibility index (Phi) is 4.15. The van der Waals surface area contributed by atoms with Crippen LogP contribution >= 0.6 is 0 Å². The van der Waals surface area contributed by atoms with E-state index in [4.69, 9.17) is 4.74 Å². The molecular weight excluding hydrogens is 230 g/mol. The lowest BCUT2D eigenvalue weighted by Crippen LogP contribution is -2.36. The van der Waals surface area contributed by atoms with Crippen molar-refractivity contribution < 1.29 is 9.53 Å². The molecule has 1 fully saturated rings. The van der Waals surface area contributed by atoms with Gasteiger partial charge in [0.2, 0.25) is 5.91 Å². The molecule has 5 heteroatoms. The molecular formula is C13H19N3O2. The molecule has 0 spiro atoms. The Hall–Kier alpha value is -1.62. The van der Waals surface area contributed by atoms with Gasteiger partial charge in [-0.2, -0.15) is 0 Å². The zero-order chi connectivity index (χ0) is 13.0. The third kappa shape index (κ3) is 3.20. The van der Waals surface area contributed by atoms with Crippen LogP contribution in [0, 0.1) is 5.92 Å². The number of aromatic nitrogens is 1. The number of pyridine rings is 1. The summed E-state index contributed by atoms with van der Waals surface area (Å²) in [6, 6.07) is 3.86. The minimum Gasteiger partial charge on any atom is -0.378 e. The maximum atomic E-state index is 11.6. The number of nitrogens with zero attached hydrogens (tertiary/aromatic N) is 2. The third-order valence-corrected chi connectivity index (χ3v) is 2.90. The van der Waals surface area contributed by atoms with E-state index in [0.717, 1.165) is 32.0 Å². The van der Waals surface area contributed by atoms with E-state index in [1.54, 1.807) is 6.20 Å². The quantitative estimate of drug-likeness (QED) is 0.882. The van der Waals surface area contributed by atoms with Gasteiger partial charge in [0, 0.05) is 37.0 Å². The second kappa shape index (κ2) is 5.82. The highest BCUT2D eigenvalue weighted by Gasteiger charge is 2.13. The fourth-order valence-electron chi connectivity index (χ4n) is 1.78. The zero-order valence-electron chi connectivity index (χ0n) is 10.8. The van der Waals surface area contributed by atoms with Crippen molar-refractivity contribution in [2.45, 2.75) is 13.8 Å². The van der Waals surface area contributed by atoms with Crippen LogP contribution in [0.25, 0.3) is 0 Å². The van der Waals surface area contributed by atoms with E-state index in [2.05, 4.69) is 15.2 Å². The second-order valence-electron chi connectivity index (χ2n) is 4.64. The van der Waals surface area contributed by atoms with Crippen LogP contribution in [0.3, 0.4) is 0 Å². The van der Waals surface area contributed by atoms with E-state index in [9.17, 15) is 4.79 Å². The van der Waals surface area contributed by atoms with E-state index in [0.29, 0.717) is 5.82 Å². The number of rotatable bonds is 3. The fourth-order valence-corrected chi connectivity index (χ4v) is 1.78. The molecule has 1 aliphatic rings. The molecule has 0 atom stereocenters. The first-order valence-corrected chi connectivity index (χ1v) is 6.26. The molecule has 0 radical (unpaired) electrons. The summed E-state index contributed by atoms with van der Waals surface area (Å²) in [5.41, 5.74) is 1.08. The molecule has 0 aromatic carbocycles. The van der Waals surface area contributed by atoms with E-state index in [-0.39, 0.29) is 11.8 Å². The third-order valence-electron chi connectivity index (χ3n) is 2.90. The van der Waals surface area contributed by atoms with Gasteiger partial charge in [-0.25, -0.2) is 4.98 Å². The molecule has 0 saturated carbocycles. The van der Waals surface area contributed by atoms with Gasteiger partial charge in [0.1, 0.15) is 5.82 Å². The van der Waals surface area contributed by atoms with Gasteiger partial charge in [0.05, 0.1) is 13.2 Å². The van der Waals surface area contributed by atoms with Crippen LogP contribution in [0.15, 0.2) is 18.3 Å². The van der Waals surface area contributed by atoms with Crippen LogP contribution in [0.5, 0.6) is 0 Å². The molecule has 0 unspecified atom stereocenters. The standard InChI is InChI=1S/C13H19N3O2/c1-10(2)13(17)15-12-9-11(3-4-14-12)16-5-7-18-8-6-16/h3-4,9-10H,5-8H2,1-2H3,(H,14,15,17). The molecule has 2 heterocycles. The lowest BCUT2D eigenvalue weighted by molar-refractivity contribution is -0.118. The molecule has 1 aromatic rings. The number of morpholine rings is 1. The van der Waals surface area contributed by atoms with Crippen LogP contribution in [0.1, 0.15) is 13.8 Å². The fraction of sp³-hybridized carbons (Fsp3) is 0.538. The molecule has 1 aromatic heterocycles. The van der Waals surface area contributed by atoms with Crippen molar-refractivity contribution in [3.8, 4) is 0 Å². The molecule has 1 saturated heterocycles. The van der Waals surface area contributed by atoms with Gasteiger partial charge in [-0.3, -0.25) is 4.79 Å². The van der Waals surface area contributed by atoms with E-state index in [1.807, 2.05) is 26.0 Å². The summed E-state index contributed by atoms with van der Waals surface area (Å²) >= 11 is 0. The number of hydrogen-bond donors (Lipinski definition) is 1. The number of anilines is 2. The summed E-state index contributed by atoms with van der Waals surface area (Å²) < 4.78 is 5.32. The smallest absolute Gasteiger partial charge is 0.228 e. The van der Waals surface area contributed by atoms with Crippen molar-refractivity contribution in [3.63, 3.8) is 0 Å². The van der Waals surface area contributed by atoms with E-state index < -0.39 is 0 Å². The number of nitrogens with one attached hydrogen (secondary N) is 1. The van der Waals surface area contributed by atoms with Crippen LogP contribution in [0.2, 0.25) is 0 Å². The van der Waals surface area contributed by atoms with Crippen molar-refractivity contribution in [1.29, 1.82) is 0 Å². The number of carbonyl (C=O) groups is 1. The molecule has 1 N–H and O–H groups in total. The van der Waals surface area contributed by atoms with Crippen LogP contribution in [0.4, 0.5) is 11.5 Å². The minimum absolute atomic E-state index is 0.0124. The Balaban J connectivity index is 2.07. The Bertz CT molecular complexity index is 414. The zero-order valence-corrected chi connectivity index (χ0v) is 10.8. The molecule has 18 heavy (non-hydrogen) atoms. The molecule has 0 bridgehead atoms. The summed E-state index contributed by atoms with van der Waals surface area (Å²) in [6.45, 7) is 6.97. The molecule has 1 aliphatic heterocycles. The highest BCUT2D eigenvalue weighted by molar-refractivity contribution is 5.91. The number of hydrogen-bond acceptors (Lipinski definition) is 4. The lowest BCUT2D eigenvalue weighted by atomic mass is 10.2. The van der Waals surface area contributed by atoms with Gasteiger partial charge >= 0.3 is 0 Å². The summed E-state index contributed by atoms with van der Waals surface area (Å²) in [5, 5.41) is 2.81. The molecule has 0 aliphatic carbocycles. The van der Waals surface area contributed by atoms with Gasteiger partial charge in [-0.1, -0.05) is 13.8 Å². The van der Waals surface area contributed by atoms with Crippen LogP contribution in [-0.2, 0) is 9.53 Å². The van der Waals surface area contributed by atoms with Crippen molar-refractivity contribution in [1.82, 2.24) is 4.98 Å². The van der Waals surface area contributed by atoms with Gasteiger partial charge in [-0.05, 0) is 6.07 Å². The summed E-state index contributed by atoms with van der Waals surface area (Å²) in [7, 11) is 0. The molecule has 2 rings (SSSR count). The summed E-state index contributed by atoms with van der Waals surface area (Å²) in [6.07, 6.45) is 1.72. The van der Waals surface area contributed by atoms with E-state index >= 15 is 0 Å². The van der Waals surface area contributed by atoms with Crippen molar-refractivity contribution >= 4 is 17.4 Å². The Morgan fingerprint density at radius 2 is 2.17 bits per heavy atom. The normalized spacial score (nSPS) is 15.8. The monoisotopic (exact) mass is 249 g/mol. The highest BCUT2D eigenvalue weighted by atomic mass is 16.5. The minimum atomic E-state index is -0.0427.